The van der Waals surface area contributed by atoms with Crippen molar-refractivity contribution >= 4 is 11.7 Å². The van der Waals surface area contributed by atoms with E-state index in [1.165, 1.54) is 31.7 Å². The Labute approximate surface area is 197 Å². The van der Waals surface area contributed by atoms with Gasteiger partial charge in [0.2, 0.25) is 0 Å². The topological polar surface area (TPSA) is 59.0 Å². The Kier molecular flexibility index (Phi) is 7.92. The van der Waals surface area contributed by atoms with Crippen LogP contribution in [0.4, 0.5) is 5.69 Å². The zero-order chi connectivity index (χ0) is 23.2. The van der Waals surface area contributed by atoms with Crippen molar-refractivity contribution in [3.63, 3.8) is 0 Å². The molecule has 1 fully saturated rings. The second-order valence-corrected chi connectivity index (χ2v) is 9.54. The first-order valence-electron chi connectivity index (χ1n) is 12.5. The molecule has 4 rings (SSSR count). The molecule has 178 valence electrons. The molecule has 5 heteroatoms. The van der Waals surface area contributed by atoms with Crippen LogP contribution < -0.4 is 14.4 Å². The molecule has 1 saturated heterocycles. The number of piperidine rings is 1. The standard InChI is InChI=1S/C28H37NO4/c1-20(9-8-12-22-10-4-3-5-11-22)32-25-18-26-28(27(19-25)33-21(2)31)23(14-16-30)17-24-13-6-7-15-29(24)26/h3-5,10-11,18-20,23-24,30H,6-9,12-17H2,1-2H3. The average Bonchev–Trinajstić information content (AvgIpc) is 2.79. The van der Waals surface area contributed by atoms with Gasteiger partial charge in [-0.3, -0.25) is 4.79 Å². The molecule has 0 aromatic heterocycles. The Morgan fingerprint density at radius 1 is 1.21 bits per heavy atom. The molecule has 2 heterocycles. The van der Waals surface area contributed by atoms with Crippen LogP contribution in [0.2, 0.25) is 0 Å². The number of rotatable bonds is 9. The first kappa shape index (κ1) is 23.6. The van der Waals surface area contributed by atoms with Gasteiger partial charge in [-0.05, 0) is 69.8 Å². The van der Waals surface area contributed by atoms with E-state index in [4.69, 9.17) is 9.47 Å². The molecule has 2 aliphatic heterocycles. The van der Waals surface area contributed by atoms with Gasteiger partial charge in [0.25, 0.3) is 0 Å². The number of aliphatic hydroxyl groups excluding tert-OH is 1. The molecule has 33 heavy (non-hydrogen) atoms. The van der Waals surface area contributed by atoms with Gasteiger partial charge in [0, 0.05) is 49.5 Å². The largest absolute Gasteiger partial charge is 0.491 e. The van der Waals surface area contributed by atoms with Gasteiger partial charge < -0.3 is 19.5 Å². The molecule has 5 nitrogen and oxygen atoms in total. The first-order chi connectivity index (χ1) is 16.0. The number of aryl methyl sites for hydroxylation is 1. The Balaban J connectivity index is 1.55. The van der Waals surface area contributed by atoms with Gasteiger partial charge in [-0.25, -0.2) is 0 Å². The summed E-state index contributed by atoms with van der Waals surface area (Å²) in [7, 11) is 0. The van der Waals surface area contributed by atoms with Crippen LogP contribution in [0.5, 0.6) is 11.5 Å². The zero-order valence-corrected chi connectivity index (χ0v) is 20.0. The Morgan fingerprint density at radius 2 is 2.03 bits per heavy atom. The van der Waals surface area contributed by atoms with E-state index < -0.39 is 0 Å². The summed E-state index contributed by atoms with van der Waals surface area (Å²) < 4.78 is 12.1. The molecular weight excluding hydrogens is 414 g/mol. The molecule has 0 saturated carbocycles. The zero-order valence-electron chi connectivity index (χ0n) is 20.0. The highest BCUT2D eigenvalue weighted by Gasteiger charge is 2.36. The Bertz CT molecular complexity index is 929. The number of ether oxygens (including phenoxy) is 2. The fourth-order valence-electron chi connectivity index (χ4n) is 5.50. The molecule has 0 spiro atoms. The van der Waals surface area contributed by atoms with Crippen LogP contribution in [0.25, 0.3) is 0 Å². The van der Waals surface area contributed by atoms with E-state index in [0.717, 1.165) is 49.2 Å². The number of nitrogens with zero attached hydrogens (tertiary/aromatic N) is 1. The number of hydrogen-bond acceptors (Lipinski definition) is 5. The van der Waals surface area contributed by atoms with Crippen molar-refractivity contribution in [1.29, 1.82) is 0 Å². The molecule has 3 atom stereocenters. The van der Waals surface area contributed by atoms with E-state index in [-0.39, 0.29) is 24.6 Å². The number of carbonyl (C=O) groups is 1. The van der Waals surface area contributed by atoms with Crippen LogP contribution in [0.15, 0.2) is 42.5 Å². The molecule has 0 radical (unpaired) electrons. The van der Waals surface area contributed by atoms with Crippen LogP contribution in [-0.2, 0) is 11.2 Å². The maximum absolute atomic E-state index is 11.9. The number of anilines is 1. The number of benzene rings is 2. The highest BCUT2D eigenvalue weighted by Crippen LogP contribution is 2.49. The van der Waals surface area contributed by atoms with Gasteiger partial charge in [-0.2, -0.15) is 0 Å². The Hall–Kier alpha value is -2.53. The second-order valence-electron chi connectivity index (χ2n) is 9.54. The molecule has 2 aromatic carbocycles. The lowest BCUT2D eigenvalue weighted by Gasteiger charge is -2.45. The minimum absolute atomic E-state index is 0.0610. The minimum Gasteiger partial charge on any atom is -0.491 e. The van der Waals surface area contributed by atoms with E-state index in [0.29, 0.717) is 18.2 Å². The lowest BCUT2D eigenvalue weighted by Crippen LogP contribution is -2.44. The van der Waals surface area contributed by atoms with Crippen molar-refractivity contribution in [2.45, 2.75) is 83.3 Å². The van der Waals surface area contributed by atoms with Crippen molar-refractivity contribution in [1.82, 2.24) is 0 Å². The third kappa shape index (κ3) is 5.89. The van der Waals surface area contributed by atoms with Crippen LogP contribution in [0, 0.1) is 0 Å². The Morgan fingerprint density at radius 3 is 2.79 bits per heavy atom. The van der Waals surface area contributed by atoms with Crippen molar-refractivity contribution in [3.8, 4) is 11.5 Å². The van der Waals surface area contributed by atoms with Crippen LogP contribution in [0.3, 0.4) is 0 Å². The fourth-order valence-corrected chi connectivity index (χ4v) is 5.50. The van der Waals surface area contributed by atoms with Gasteiger partial charge in [0.15, 0.2) is 0 Å². The second kappa shape index (κ2) is 11.1. The summed E-state index contributed by atoms with van der Waals surface area (Å²) in [6.45, 7) is 4.69. The van der Waals surface area contributed by atoms with E-state index >= 15 is 0 Å². The van der Waals surface area contributed by atoms with Gasteiger partial charge >= 0.3 is 5.97 Å². The third-order valence-electron chi connectivity index (χ3n) is 6.98. The SMILES string of the molecule is CC(=O)Oc1cc(OC(C)CCCc2ccccc2)cc2c1C(CCO)CC1CCCCN21. The smallest absolute Gasteiger partial charge is 0.308 e. The van der Waals surface area contributed by atoms with Crippen molar-refractivity contribution in [2.75, 3.05) is 18.1 Å². The molecule has 0 amide bonds. The number of hydrogen-bond donors (Lipinski definition) is 1. The van der Waals surface area contributed by atoms with Gasteiger partial charge in [0.05, 0.1) is 6.10 Å². The number of carbonyl (C=O) groups excluding carboxylic acids is 1. The summed E-state index contributed by atoms with van der Waals surface area (Å²) in [5, 5.41) is 9.71. The summed E-state index contributed by atoms with van der Waals surface area (Å²) in [4.78, 5) is 14.4. The van der Waals surface area contributed by atoms with E-state index in [2.05, 4.69) is 42.2 Å². The molecule has 2 aromatic rings. The normalized spacial score (nSPS) is 20.5. The lowest BCUT2D eigenvalue weighted by atomic mass is 9.80. The van der Waals surface area contributed by atoms with Gasteiger partial charge in [-0.15, -0.1) is 0 Å². The van der Waals surface area contributed by atoms with Gasteiger partial charge in [-0.1, -0.05) is 30.3 Å². The summed E-state index contributed by atoms with van der Waals surface area (Å²) in [5.41, 5.74) is 3.53. The first-order valence-corrected chi connectivity index (χ1v) is 12.5. The third-order valence-corrected chi connectivity index (χ3v) is 6.98. The van der Waals surface area contributed by atoms with Crippen molar-refractivity contribution in [2.24, 2.45) is 0 Å². The van der Waals surface area contributed by atoms with Crippen LogP contribution in [-0.4, -0.2) is 36.4 Å². The highest BCUT2D eigenvalue weighted by molar-refractivity contribution is 5.74. The van der Waals surface area contributed by atoms with Crippen molar-refractivity contribution < 1.29 is 19.4 Å². The van der Waals surface area contributed by atoms with Crippen LogP contribution >= 0.6 is 0 Å². The summed E-state index contributed by atoms with van der Waals surface area (Å²) in [5.74, 6) is 1.21. The van der Waals surface area contributed by atoms with Gasteiger partial charge in [0.1, 0.15) is 11.5 Å². The average molecular weight is 452 g/mol. The summed E-state index contributed by atoms with van der Waals surface area (Å²) in [6.07, 6.45) is 8.37. The lowest BCUT2D eigenvalue weighted by molar-refractivity contribution is -0.131. The van der Waals surface area contributed by atoms with E-state index in [1.807, 2.05) is 12.1 Å². The quantitative estimate of drug-likeness (QED) is 0.395. The molecule has 2 aliphatic rings. The minimum atomic E-state index is -0.325. The van der Waals surface area contributed by atoms with Crippen LogP contribution in [0.1, 0.15) is 75.8 Å². The molecule has 1 N–H and O–H groups in total. The van der Waals surface area contributed by atoms with Crippen molar-refractivity contribution in [3.05, 3.63) is 53.6 Å². The molecule has 3 unspecified atom stereocenters. The predicted octanol–water partition coefficient (Wildman–Crippen LogP) is 5.63. The predicted molar refractivity (Wildman–Crippen MR) is 131 cm³/mol. The van der Waals surface area contributed by atoms with E-state index in [1.54, 1.807) is 0 Å². The summed E-state index contributed by atoms with van der Waals surface area (Å²) in [6, 6.07) is 15.0. The number of esters is 1. The van der Waals surface area contributed by atoms with E-state index in [9.17, 15) is 9.90 Å². The molecule has 0 aliphatic carbocycles. The summed E-state index contributed by atoms with van der Waals surface area (Å²) >= 11 is 0. The maximum atomic E-state index is 11.9. The molecular formula is C28H37NO4. The fraction of sp³-hybridized carbons (Fsp3) is 0.536. The molecule has 0 bridgehead atoms. The number of aliphatic hydroxyl groups is 1. The monoisotopic (exact) mass is 451 g/mol. The maximum Gasteiger partial charge on any atom is 0.308 e. The number of fused-ring (bicyclic) bond motifs is 3. The highest BCUT2D eigenvalue weighted by atomic mass is 16.5.